The molecular weight excluding hydrogens is 297 g/mol. The van der Waals surface area contributed by atoms with E-state index in [0.717, 1.165) is 11.4 Å². The number of amides is 1. The molecule has 0 aliphatic carbocycles. The Bertz CT molecular complexity index is 360. The summed E-state index contributed by atoms with van der Waals surface area (Å²) in [7, 11) is 0. The van der Waals surface area contributed by atoms with E-state index in [0.29, 0.717) is 0 Å². The largest absolute Gasteiger partial charge is 0.460 e. The molecule has 1 N–H and O–H groups in total. The van der Waals surface area contributed by atoms with E-state index < -0.39 is 36.4 Å². The molecular formula is C8H6F9NO. The first-order valence-corrected chi connectivity index (χ1v) is 4.33. The SMILES string of the molecule is C=CCNC(=O)C(F)(F)C(F)(F)C(F)(F)C(F)(F)F. The van der Waals surface area contributed by atoms with Crippen LogP contribution < -0.4 is 5.32 Å². The first-order chi connectivity index (χ1) is 8.23. The second-order valence-electron chi connectivity index (χ2n) is 3.22. The third kappa shape index (κ3) is 2.78. The van der Waals surface area contributed by atoms with Crippen molar-refractivity contribution in [3.8, 4) is 0 Å². The highest BCUT2D eigenvalue weighted by Crippen LogP contribution is 2.52. The van der Waals surface area contributed by atoms with Gasteiger partial charge >= 0.3 is 23.9 Å². The minimum Gasteiger partial charge on any atom is -0.347 e. The van der Waals surface area contributed by atoms with Gasteiger partial charge in [-0.05, 0) is 0 Å². The van der Waals surface area contributed by atoms with Crippen LogP contribution in [0.1, 0.15) is 0 Å². The minimum absolute atomic E-state index is 0.730. The molecule has 112 valence electrons. The predicted octanol–water partition coefficient (Wildman–Crippen LogP) is 2.76. The Balaban J connectivity index is 5.50. The summed E-state index contributed by atoms with van der Waals surface area (Å²) in [6.07, 6.45) is -6.22. The van der Waals surface area contributed by atoms with Gasteiger partial charge in [-0.15, -0.1) is 6.58 Å². The van der Waals surface area contributed by atoms with Crippen molar-refractivity contribution >= 4 is 5.91 Å². The van der Waals surface area contributed by atoms with Gasteiger partial charge in [0.15, 0.2) is 0 Å². The molecule has 0 fully saturated rings. The van der Waals surface area contributed by atoms with Crippen LogP contribution in [0.2, 0.25) is 0 Å². The summed E-state index contributed by atoms with van der Waals surface area (Å²) < 4.78 is 110. The lowest BCUT2D eigenvalue weighted by molar-refractivity contribution is -0.388. The Morgan fingerprint density at radius 1 is 0.947 bits per heavy atom. The number of hydrogen-bond donors (Lipinski definition) is 1. The molecule has 0 radical (unpaired) electrons. The predicted molar refractivity (Wildman–Crippen MR) is 44.1 cm³/mol. The number of hydrogen-bond acceptors (Lipinski definition) is 1. The molecule has 11 heteroatoms. The van der Waals surface area contributed by atoms with Crippen LogP contribution in [0.15, 0.2) is 12.7 Å². The average Bonchev–Trinajstić information content (AvgIpc) is 2.23. The smallest absolute Gasteiger partial charge is 0.347 e. The van der Waals surface area contributed by atoms with Crippen molar-refractivity contribution in [2.45, 2.75) is 23.9 Å². The summed E-state index contributed by atoms with van der Waals surface area (Å²) >= 11 is 0. The van der Waals surface area contributed by atoms with Gasteiger partial charge in [-0.3, -0.25) is 4.79 Å². The monoisotopic (exact) mass is 303 g/mol. The molecule has 0 rings (SSSR count). The van der Waals surface area contributed by atoms with E-state index in [4.69, 9.17) is 0 Å². The molecule has 0 atom stereocenters. The lowest BCUT2D eigenvalue weighted by Gasteiger charge is -2.32. The van der Waals surface area contributed by atoms with E-state index in [-0.39, 0.29) is 0 Å². The number of halogens is 9. The zero-order valence-corrected chi connectivity index (χ0v) is 8.80. The average molecular weight is 303 g/mol. The van der Waals surface area contributed by atoms with Gasteiger partial charge in [-0.1, -0.05) is 6.08 Å². The normalized spacial score (nSPS) is 14.2. The van der Waals surface area contributed by atoms with Gasteiger partial charge in [-0.2, -0.15) is 39.5 Å². The van der Waals surface area contributed by atoms with Crippen molar-refractivity contribution in [3.05, 3.63) is 12.7 Å². The van der Waals surface area contributed by atoms with Gasteiger partial charge < -0.3 is 5.32 Å². The quantitative estimate of drug-likeness (QED) is 0.614. The summed E-state index contributed by atoms with van der Waals surface area (Å²) in [6.45, 7) is 2.07. The van der Waals surface area contributed by atoms with Gasteiger partial charge in [0.2, 0.25) is 0 Å². The number of carbonyl (C=O) groups excluding carboxylic acids is 1. The number of rotatable bonds is 5. The topological polar surface area (TPSA) is 29.1 Å². The molecule has 0 spiro atoms. The molecule has 0 aliphatic rings. The fraction of sp³-hybridized carbons (Fsp3) is 0.625. The minimum atomic E-state index is -7.07. The second kappa shape index (κ2) is 4.93. The zero-order chi connectivity index (χ0) is 15.7. The highest BCUT2D eigenvalue weighted by Gasteiger charge is 2.83. The first kappa shape index (κ1) is 17.6. The van der Waals surface area contributed by atoms with Crippen LogP contribution >= 0.6 is 0 Å². The maximum atomic E-state index is 12.8. The van der Waals surface area contributed by atoms with Crippen molar-refractivity contribution in [3.63, 3.8) is 0 Å². The highest BCUT2D eigenvalue weighted by molar-refractivity contribution is 5.84. The fourth-order valence-corrected chi connectivity index (χ4v) is 0.794. The Labute approximate surface area is 99.8 Å². The molecule has 0 saturated heterocycles. The second-order valence-corrected chi connectivity index (χ2v) is 3.22. The molecule has 0 unspecified atom stereocenters. The van der Waals surface area contributed by atoms with Crippen LogP contribution in [0.4, 0.5) is 39.5 Å². The molecule has 0 saturated carbocycles. The Kier molecular flexibility index (Phi) is 4.56. The van der Waals surface area contributed by atoms with Crippen molar-refractivity contribution in [2.75, 3.05) is 6.54 Å². The molecule has 2 nitrogen and oxygen atoms in total. The summed E-state index contributed by atoms with van der Waals surface area (Å²) in [5.41, 5.74) is 0. The lowest BCUT2D eigenvalue weighted by Crippen LogP contribution is -2.65. The summed E-state index contributed by atoms with van der Waals surface area (Å²) in [6, 6.07) is 0. The lowest BCUT2D eigenvalue weighted by atomic mass is 10.0. The van der Waals surface area contributed by atoms with Crippen molar-refractivity contribution in [2.24, 2.45) is 0 Å². The van der Waals surface area contributed by atoms with Crippen LogP contribution in [0.5, 0.6) is 0 Å². The van der Waals surface area contributed by atoms with E-state index >= 15 is 0 Å². The van der Waals surface area contributed by atoms with E-state index in [1.165, 1.54) is 0 Å². The maximum absolute atomic E-state index is 12.8. The summed E-state index contributed by atoms with van der Waals surface area (Å²) in [4.78, 5) is 10.6. The molecule has 0 aromatic rings. The molecule has 0 aromatic heterocycles. The molecule has 0 aliphatic heterocycles. The molecule has 0 aromatic carbocycles. The molecule has 0 bridgehead atoms. The Hall–Kier alpha value is -1.42. The molecule has 19 heavy (non-hydrogen) atoms. The van der Waals surface area contributed by atoms with E-state index in [2.05, 4.69) is 6.58 Å². The summed E-state index contributed by atoms with van der Waals surface area (Å²) in [5, 5.41) is 1.01. The van der Waals surface area contributed by atoms with Crippen LogP contribution in [0, 0.1) is 0 Å². The molecule has 0 heterocycles. The number of carbonyl (C=O) groups is 1. The van der Waals surface area contributed by atoms with Crippen LogP contribution in [0.25, 0.3) is 0 Å². The number of nitrogens with one attached hydrogen (secondary N) is 1. The van der Waals surface area contributed by atoms with Crippen molar-refractivity contribution in [1.29, 1.82) is 0 Å². The van der Waals surface area contributed by atoms with Gasteiger partial charge in [0.1, 0.15) is 0 Å². The van der Waals surface area contributed by atoms with Crippen molar-refractivity contribution in [1.82, 2.24) is 5.32 Å². The van der Waals surface area contributed by atoms with Crippen LogP contribution in [-0.4, -0.2) is 36.4 Å². The maximum Gasteiger partial charge on any atom is 0.460 e. The first-order valence-electron chi connectivity index (χ1n) is 4.33. The number of alkyl halides is 9. The van der Waals surface area contributed by atoms with E-state index in [9.17, 15) is 44.3 Å². The van der Waals surface area contributed by atoms with Gasteiger partial charge in [-0.25, -0.2) is 0 Å². The van der Waals surface area contributed by atoms with E-state index in [1.54, 1.807) is 0 Å². The molecule has 1 amide bonds. The summed E-state index contributed by atoms with van der Waals surface area (Å²) in [5.74, 6) is -23.2. The standard InChI is InChI=1S/C8H6F9NO/c1-2-3-18-4(19)5(9,10)6(11,12)7(13,14)8(15,16)17/h2H,1,3H2,(H,18,19). The fourth-order valence-electron chi connectivity index (χ4n) is 0.794. The van der Waals surface area contributed by atoms with E-state index in [1.807, 2.05) is 0 Å². The Morgan fingerprint density at radius 3 is 1.68 bits per heavy atom. The van der Waals surface area contributed by atoms with Crippen LogP contribution in [0.3, 0.4) is 0 Å². The highest BCUT2D eigenvalue weighted by atomic mass is 19.4. The van der Waals surface area contributed by atoms with Crippen LogP contribution in [-0.2, 0) is 4.79 Å². The third-order valence-corrected chi connectivity index (χ3v) is 1.84. The van der Waals surface area contributed by atoms with Gasteiger partial charge in [0.25, 0.3) is 5.91 Å². The Morgan fingerprint density at radius 2 is 1.37 bits per heavy atom. The zero-order valence-electron chi connectivity index (χ0n) is 8.80. The van der Waals surface area contributed by atoms with Gasteiger partial charge in [0.05, 0.1) is 0 Å². The van der Waals surface area contributed by atoms with Gasteiger partial charge in [0, 0.05) is 6.54 Å². The van der Waals surface area contributed by atoms with Crippen molar-refractivity contribution < 1.29 is 44.3 Å². The third-order valence-electron chi connectivity index (χ3n) is 1.84.